The van der Waals surface area contributed by atoms with Crippen LogP contribution in [0.15, 0.2) is 0 Å². The normalized spacial score (nSPS) is 11.3. The van der Waals surface area contributed by atoms with Crippen LogP contribution in [0, 0.1) is 0 Å². The fourth-order valence-corrected chi connectivity index (χ4v) is 1.40. The number of aliphatic hydroxyl groups excluding tert-OH is 2. The molecule has 0 bridgehead atoms. The van der Waals surface area contributed by atoms with Crippen LogP contribution in [-0.4, -0.2) is 54.0 Å². The molecule has 16 heavy (non-hydrogen) atoms. The van der Waals surface area contributed by atoms with E-state index in [9.17, 15) is 15.0 Å². The van der Waals surface area contributed by atoms with E-state index in [4.69, 9.17) is 0 Å². The third kappa shape index (κ3) is 4.81. The molecule has 0 aliphatic carbocycles. The van der Waals surface area contributed by atoms with Crippen LogP contribution in [0.3, 0.4) is 0 Å². The second kappa shape index (κ2) is 7.46. The molecule has 0 spiro atoms. The van der Waals surface area contributed by atoms with Gasteiger partial charge in [0.15, 0.2) is 0 Å². The molecule has 3 N–H and O–H groups in total. The van der Waals surface area contributed by atoms with Crippen LogP contribution in [0.2, 0.25) is 0 Å². The third-order valence-corrected chi connectivity index (χ3v) is 2.64. The van der Waals surface area contributed by atoms with E-state index in [1.807, 2.05) is 0 Å². The van der Waals surface area contributed by atoms with Gasteiger partial charge >= 0.3 is 6.03 Å². The Morgan fingerprint density at radius 1 is 1.25 bits per heavy atom. The molecule has 0 heterocycles. The Morgan fingerprint density at radius 3 is 2.19 bits per heavy atom. The molecule has 0 aromatic carbocycles. The zero-order valence-corrected chi connectivity index (χ0v) is 10.5. The van der Waals surface area contributed by atoms with Gasteiger partial charge in [-0.1, -0.05) is 26.2 Å². The van der Waals surface area contributed by atoms with E-state index in [0.29, 0.717) is 6.42 Å². The van der Waals surface area contributed by atoms with Crippen LogP contribution in [0.25, 0.3) is 0 Å². The molecule has 5 nitrogen and oxygen atoms in total. The molecule has 0 rings (SSSR count). The summed E-state index contributed by atoms with van der Waals surface area (Å²) in [6, 6.07) is -0.292. The Kier molecular flexibility index (Phi) is 7.08. The number of carbonyl (C=O) groups is 1. The number of hydrogen-bond acceptors (Lipinski definition) is 3. The number of hydrogen-bond donors (Lipinski definition) is 3. The Balaban J connectivity index is 4.36. The van der Waals surface area contributed by atoms with Gasteiger partial charge in [0, 0.05) is 14.1 Å². The number of unbranched alkanes of at least 4 members (excludes halogenated alkanes) is 2. The molecule has 0 unspecified atom stereocenters. The smallest absolute Gasteiger partial charge is 0.317 e. The van der Waals surface area contributed by atoms with E-state index < -0.39 is 5.54 Å². The Hall–Kier alpha value is -0.810. The molecule has 0 aromatic heterocycles. The van der Waals surface area contributed by atoms with Crippen molar-refractivity contribution in [1.82, 2.24) is 10.2 Å². The fourth-order valence-electron chi connectivity index (χ4n) is 1.40. The first-order valence-corrected chi connectivity index (χ1v) is 5.72. The highest BCUT2D eigenvalue weighted by Gasteiger charge is 2.30. The zero-order chi connectivity index (χ0) is 12.6. The van der Waals surface area contributed by atoms with Crippen molar-refractivity contribution >= 4 is 6.03 Å². The highest BCUT2D eigenvalue weighted by Crippen LogP contribution is 2.14. The largest absolute Gasteiger partial charge is 0.394 e. The van der Waals surface area contributed by atoms with Gasteiger partial charge in [-0.25, -0.2) is 4.79 Å². The van der Waals surface area contributed by atoms with Gasteiger partial charge in [0.05, 0.1) is 18.8 Å². The monoisotopic (exact) mass is 232 g/mol. The molecule has 0 radical (unpaired) electrons. The van der Waals surface area contributed by atoms with Crippen LogP contribution in [0.1, 0.15) is 32.6 Å². The lowest BCUT2D eigenvalue weighted by Gasteiger charge is -2.32. The van der Waals surface area contributed by atoms with Gasteiger partial charge in [0.25, 0.3) is 0 Å². The predicted octanol–water partition coefficient (Wildman–Crippen LogP) is 0.561. The molecule has 0 aliphatic heterocycles. The van der Waals surface area contributed by atoms with Crippen molar-refractivity contribution < 1.29 is 15.0 Å². The van der Waals surface area contributed by atoms with E-state index in [0.717, 1.165) is 19.3 Å². The Bertz CT molecular complexity index is 203. The van der Waals surface area contributed by atoms with Crippen molar-refractivity contribution in [2.24, 2.45) is 0 Å². The van der Waals surface area contributed by atoms with Crippen molar-refractivity contribution in [3.05, 3.63) is 0 Å². The first-order chi connectivity index (χ1) is 7.51. The van der Waals surface area contributed by atoms with Gasteiger partial charge in [-0.3, -0.25) is 0 Å². The van der Waals surface area contributed by atoms with E-state index in [-0.39, 0.29) is 19.2 Å². The number of nitrogens with zero attached hydrogens (tertiary/aromatic N) is 1. The van der Waals surface area contributed by atoms with Gasteiger partial charge < -0.3 is 20.4 Å². The van der Waals surface area contributed by atoms with Gasteiger partial charge in [0.1, 0.15) is 0 Å². The number of nitrogens with one attached hydrogen (secondary N) is 1. The minimum atomic E-state index is -0.892. The van der Waals surface area contributed by atoms with Crippen molar-refractivity contribution in [3.63, 3.8) is 0 Å². The lowest BCUT2D eigenvalue weighted by molar-refractivity contribution is 0.0838. The van der Waals surface area contributed by atoms with Crippen LogP contribution < -0.4 is 5.32 Å². The predicted molar refractivity (Wildman–Crippen MR) is 63.3 cm³/mol. The number of rotatable bonds is 7. The molecular formula is C11H24N2O3. The highest BCUT2D eigenvalue weighted by molar-refractivity contribution is 5.74. The van der Waals surface area contributed by atoms with Crippen molar-refractivity contribution in [2.45, 2.75) is 38.1 Å². The standard InChI is InChI=1S/C11H24N2O3/c1-4-5-6-7-11(8-14,9-15)12-10(16)13(2)3/h14-15H,4-9H2,1-3H3,(H,12,16). The summed E-state index contributed by atoms with van der Waals surface area (Å²) in [5, 5.41) is 21.3. The van der Waals surface area contributed by atoms with Crippen LogP contribution >= 0.6 is 0 Å². The Labute approximate surface area is 97.4 Å². The summed E-state index contributed by atoms with van der Waals surface area (Å²) in [7, 11) is 3.25. The fraction of sp³-hybridized carbons (Fsp3) is 0.909. The molecule has 5 heteroatoms. The third-order valence-electron chi connectivity index (χ3n) is 2.64. The van der Waals surface area contributed by atoms with E-state index >= 15 is 0 Å². The SMILES string of the molecule is CCCCCC(CO)(CO)NC(=O)N(C)C. The first-order valence-electron chi connectivity index (χ1n) is 5.72. The van der Waals surface area contributed by atoms with Gasteiger partial charge in [-0.15, -0.1) is 0 Å². The van der Waals surface area contributed by atoms with E-state index in [1.165, 1.54) is 4.90 Å². The number of carbonyl (C=O) groups excluding carboxylic acids is 1. The lowest BCUT2D eigenvalue weighted by atomic mass is 9.94. The summed E-state index contributed by atoms with van der Waals surface area (Å²) in [5.41, 5.74) is -0.892. The highest BCUT2D eigenvalue weighted by atomic mass is 16.3. The molecule has 96 valence electrons. The van der Waals surface area contributed by atoms with E-state index in [2.05, 4.69) is 12.2 Å². The van der Waals surface area contributed by atoms with Crippen LogP contribution in [0.5, 0.6) is 0 Å². The molecule has 2 amide bonds. The summed E-state index contributed by atoms with van der Waals surface area (Å²) in [6.45, 7) is 1.59. The first kappa shape index (κ1) is 15.2. The molecule has 0 aliphatic rings. The molecular weight excluding hydrogens is 208 g/mol. The number of urea groups is 1. The maximum absolute atomic E-state index is 11.5. The molecule has 0 saturated heterocycles. The van der Waals surface area contributed by atoms with Crippen molar-refractivity contribution in [3.8, 4) is 0 Å². The molecule has 0 fully saturated rings. The maximum Gasteiger partial charge on any atom is 0.317 e. The van der Waals surface area contributed by atoms with Gasteiger partial charge in [-0.2, -0.15) is 0 Å². The maximum atomic E-state index is 11.5. The van der Waals surface area contributed by atoms with Crippen LogP contribution in [-0.2, 0) is 0 Å². The molecule has 0 atom stereocenters. The van der Waals surface area contributed by atoms with Crippen molar-refractivity contribution in [2.75, 3.05) is 27.3 Å². The van der Waals surface area contributed by atoms with Crippen LogP contribution in [0.4, 0.5) is 4.79 Å². The lowest BCUT2D eigenvalue weighted by Crippen LogP contribution is -2.56. The summed E-state index contributed by atoms with van der Waals surface area (Å²) >= 11 is 0. The number of amides is 2. The van der Waals surface area contributed by atoms with E-state index in [1.54, 1.807) is 14.1 Å². The molecule has 0 aromatic rings. The second-order valence-electron chi connectivity index (χ2n) is 4.38. The molecule has 0 saturated carbocycles. The van der Waals surface area contributed by atoms with Crippen molar-refractivity contribution in [1.29, 1.82) is 0 Å². The van der Waals surface area contributed by atoms with Gasteiger partial charge in [-0.05, 0) is 6.42 Å². The summed E-state index contributed by atoms with van der Waals surface area (Å²) in [4.78, 5) is 12.9. The number of aliphatic hydroxyl groups is 2. The summed E-state index contributed by atoms with van der Waals surface area (Å²) in [6.07, 6.45) is 3.56. The summed E-state index contributed by atoms with van der Waals surface area (Å²) < 4.78 is 0. The topological polar surface area (TPSA) is 72.8 Å². The Morgan fingerprint density at radius 2 is 1.81 bits per heavy atom. The average molecular weight is 232 g/mol. The average Bonchev–Trinajstić information content (AvgIpc) is 2.27. The van der Waals surface area contributed by atoms with Gasteiger partial charge in [0.2, 0.25) is 0 Å². The second-order valence-corrected chi connectivity index (χ2v) is 4.38. The minimum absolute atomic E-state index is 0.243. The quantitative estimate of drug-likeness (QED) is 0.562. The minimum Gasteiger partial charge on any atom is -0.394 e. The zero-order valence-electron chi connectivity index (χ0n) is 10.5. The summed E-state index contributed by atoms with van der Waals surface area (Å²) in [5.74, 6) is 0.